The van der Waals surface area contributed by atoms with Crippen LogP contribution in [0.3, 0.4) is 0 Å². The van der Waals surface area contributed by atoms with Gasteiger partial charge >= 0.3 is 6.09 Å². The number of ether oxygens (including phenoxy) is 1. The molecule has 0 aliphatic carbocycles. The van der Waals surface area contributed by atoms with Gasteiger partial charge in [0.15, 0.2) is 0 Å². The van der Waals surface area contributed by atoms with E-state index in [2.05, 4.69) is 17.0 Å². The van der Waals surface area contributed by atoms with E-state index >= 15 is 0 Å². The summed E-state index contributed by atoms with van der Waals surface area (Å²) in [5.41, 5.74) is 0.733. The number of carbonyl (C=O) groups excluding carboxylic acids is 1. The summed E-state index contributed by atoms with van der Waals surface area (Å²) in [6, 6.07) is 10.4. The molecule has 0 radical (unpaired) electrons. The summed E-state index contributed by atoms with van der Waals surface area (Å²) in [5, 5.41) is 10.5. The average molecular weight is 346 g/mol. The number of fused-ring (bicyclic) bond motifs is 2. The van der Waals surface area contributed by atoms with E-state index in [-0.39, 0.29) is 24.2 Å². The first kappa shape index (κ1) is 18.2. The van der Waals surface area contributed by atoms with Crippen molar-refractivity contribution in [1.82, 2.24) is 9.80 Å². The van der Waals surface area contributed by atoms with Crippen molar-refractivity contribution in [2.75, 3.05) is 6.54 Å². The summed E-state index contributed by atoms with van der Waals surface area (Å²) >= 11 is 0. The molecule has 2 aliphatic rings. The molecule has 0 aromatic heterocycles. The molecule has 0 saturated carbocycles. The normalized spacial score (nSPS) is 28.0. The van der Waals surface area contributed by atoms with Crippen LogP contribution in [-0.2, 0) is 11.3 Å². The Morgan fingerprint density at radius 3 is 2.56 bits per heavy atom. The van der Waals surface area contributed by atoms with Crippen LogP contribution < -0.4 is 0 Å². The summed E-state index contributed by atoms with van der Waals surface area (Å²) in [5.74, 6) is 0. The maximum Gasteiger partial charge on any atom is 0.410 e. The smallest absolute Gasteiger partial charge is 0.410 e. The van der Waals surface area contributed by atoms with Crippen molar-refractivity contribution in [2.24, 2.45) is 0 Å². The SMILES string of the molecule is CC(O)[C@@H]1[C@@H]2CC[C@@H](CN1Cc1ccccc1)N2C(=O)OC(C)(C)C. The summed E-state index contributed by atoms with van der Waals surface area (Å²) in [6.07, 6.45) is 1.14. The minimum atomic E-state index is -0.502. The maximum absolute atomic E-state index is 12.7. The molecule has 2 saturated heterocycles. The van der Waals surface area contributed by atoms with Crippen LogP contribution in [0.25, 0.3) is 0 Å². The van der Waals surface area contributed by atoms with Crippen molar-refractivity contribution in [2.45, 2.75) is 76.9 Å². The highest BCUT2D eigenvalue weighted by Gasteiger charge is 2.50. The van der Waals surface area contributed by atoms with Crippen LogP contribution >= 0.6 is 0 Å². The quantitative estimate of drug-likeness (QED) is 0.914. The molecule has 5 nitrogen and oxygen atoms in total. The second-order valence-corrected chi connectivity index (χ2v) is 8.33. The topological polar surface area (TPSA) is 53.0 Å². The average Bonchev–Trinajstić information content (AvgIpc) is 2.81. The molecule has 0 spiro atoms. The van der Waals surface area contributed by atoms with E-state index in [0.29, 0.717) is 0 Å². The van der Waals surface area contributed by atoms with Crippen LogP contribution in [0.2, 0.25) is 0 Å². The lowest BCUT2D eigenvalue weighted by molar-refractivity contribution is -0.0535. The Morgan fingerprint density at radius 1 is 1.28 bits per heavy atom. The zero-order valence-corrected chi connectivity index (χ0v) is 15.7. The molecule has 1 amide bonds. The lowest BCUT2D eigenvalue weighted by Gasteiger charge is -2.48. The molecule has 1 aromatic rings. The van der Waals surface area contributed by atoms with Crippen molar-refractivity contribution < 1.29 is 14.6 Å². The zero-order chi connectivity index (χ0) is 18.2. The fourth-order valence-electron chi connectivity index (χ4n) is 4.28. The third-order valence-corrected chi connectivity index (χ3v) is 5.13. The first-order valence-electron chi connectivity index (χ1n) is 9.23. The van der Waals surface area contributed by atoms with Gasteiger partial charge in [-0.1, -0.05) is 30.3 Å². The predicted molar refractivity (Wildman–Crippen MR) is 97.2 cm³/mol. The van der Waals surface area contributed by atoms with Crippen LogP contribution in [0.1, 0.15) is 46.1 Å². The van der Waals surface area contributed by atoms with Crippen LogP contribution in [0.15, 0.2) is 30.3 Å². The Balaban J connectivity index is 1.79. The highest BCUT2D eigenvalue weighted by Crippen LogP contribution is 2.37. The van der Waals surface area contributed by atoms with Crippen molar-refractivity contribution in [3.63, 3.8) is 0 Å². The van der Waals surface area contributed by atoms with Gasteiger partial charge in [0.25, 0.3) is 0 Å². The molecule has 138 valence electrons. The predicted octanol–water partition coefficient (Wildman–Crippen LogP) is 3.02. The summed E-state index contributed by atoms with van der Waals surface area (Å²) in [6.45, 7) is 9.08. The van der Waals surface area contributed by atoms with E-state index in [1.165, 1.54) is 5.56 Å². The monoisotopic (exact) mass is 346 g/mol. The van der Waals surface area contributed by atoms with E-state index in [9.17, 15) is 9.90 Å². The van der Waals surface area contributed by atoms with Crippen molar-refractivity contribution in [3.8, 4) is 0 Å². The van der Waals surface area contributed by atoms with Gasteiger partial charge < -0.3 is 9.84 Å². The lowest BCUT2D eigenvalue weighted by Crippen LogP contribution is -2.64. The maximum atomic E-state index is 12.7. The van der Waals surface area contributed by atoms with Crippen LogP contribution in [0, 0.1) is 0 Å². The number of hydrogen-bond donors (Lipinski definition) is 1. The highest BCUT2D eigenvalue weighted by atomic mass is 16.6. The molecule has 2 bridgehead atoms. The molecular formula is C20H30N2O3. The minimum absolute atomic E-state index is 0.0114. The van der Waals surface area contributed by atoms with Crippen molar-refractivity contribution >= 4 is 6.09 Å². The Hall–Kier alpha value is -1.59. The van der Waals surface area contributed by atoms with E-state index in [1.54, 1.807) is 0 Å². The van der Waals surface area contributed by atoms with Crippen LogP contribution in [0.4, 0.5) is 4.79 Å². The fraction of sp³-hybridized carbons (Fsp3) is 0.650. The number of aliphatic hydroxyl groups excluding tert-OH is 1. The molecule has 4 atom stereocenters. The number of amides is 1. The molecule has 3 rings (SSSR count). The molecule has 2 heterocycles. The standard InChI is InChI=1S/C20H30N2O3/c1-14(23)18-17-11-10-16(22(17)19(24)25-20(2,3)4)13-21(18)12-15-8-6-5-7-9-15/h5-9,14,16-18,23H,10-13H2,1-4H3/t14?,16-,17-,18+/m0/s1. The molecular weight excluding hydrogens is 316 g/mol. The summed E-state index contributed by atoms with van der Waals surface area (Å²) in [7, 11) is 0. The number of nitrogens with zero attached hydrogens (tertiary/aromatic N) is 2. The van der Waals surface area contributed by atoms with Gasteiger partial charge in [-0.15, -0.1) is 0 Å². The Bertz CT molecular complexity index is 597. The van der Waals surface area contributed by atoms with Gasteiger partial charge in [-0.05, 0) is 46.1 Å². The summed E-state index contributed by atoms with van der Waals surface area (Å²) in [4.78, 5) is 16.9. The van der Waals surface area contributed by atoms with Gasteiger partial charge in [0.2, 0.25) is 0 Å². The third-order valence-electron chi connectivity index (χ3n) is 5.13. The zero-order valence-electron chi connectivity index (χ0n) is 15.7. The highest BCUT2D eigenvalue weighted by molar-refractivity contribution is 5.70. The Morgan fingerprint density at radius 2 is 1.96 bits per heavy atom. The second-order valence-electron chi connectivity index (χ2n) is 8.33. The van der Waals surface area contributed by atoms with Gasteiger partial charge in [-0.3, -0.25) is 9.80 Å². The number of likely N-dealkylation sites (tertiary alicyclic amines) is 1. The number of aliphatic hydroxyl groups is 1. The number of carbonyl (C=O) groups is 1. The number of hydrogen-bond acceptors (Lipinski definition) is 4. The van der Waals surface area contributed by atoms with Crippen LogP contribution in [0.5, 0.6) is 0 Å². The molecule has 2 aliphatic heterocycles. The van der Waals surface area contributed by atoms with E-state index in [4.69, 9.17) is 4.74 Å². The van der Waals surface area contributed by atoms with Crippen molar-refractivity contribution in [1.29, 1.82) is 0 Å². The molecule has 5 heteroatoms. The third kappa shape index (κ3) is 3.98. The van der Waals surface area contributed by atoms with Gasteiger partial charge in [0.05, 0.1) is 18.2 Å². The first-order chi connectivity index (χ1) is 11.8. The van der Waals surface area contributed by atoms with Crippen molar-refractivity contribution in [3.05, 3.63) is 35.9 Å². The largest absolute Gasteiger partial charge is 0.444 e. The number of benzene rings is 1. The van der Waals surface area contributed by atoms with E-state index in [1.807, 2.05) is 50.8 Å². The van der Waals surface area contributed by atoms with Gasteiger partial charge in [-0.2, -0.15) is 0 Å². The Kier molecular flexibility index (Phi) is 5.07. The number of rotatable bonds is 3. The van der Waals surface area contributed by atoms with E-state index < -0.39 is 11.7 Å². The van der Waals surface area contributed by atoms with E-state index in [0.717, 1.165) is 25.9 Å². The molecule has 2 fully saturated rings. The van der Waals surface area contributed by atoms with Gasteiger partial charge in [0, 0.05) is 19.1 Å². The molecule has 1 unspecified atom stereocenters. The second kappa shape index (κ2) is 6.96. The molecule has 1 N–H and O–H groups in total. The molecule has 1 aromatic carbocycles. The lowest BCUT2D eigenvalue weighted by atomic mass is 9.97. The van der Waals surface area contributed by atoms with Gasteiger partial charge in [0.1, 0.15) is 5.60 Å². The minimum Gasteiger partial charge on any atom is -0.444 e. The molecule has 25 heavy (non-hydrogen) atoms. The first-order valence-corrected chi connectivity index (χ1v) is 9.23. The number of piperazine rings is 1. The van der Waals surface area contributed by atoms with Gasteiger partial charge in [-0.25, -0.2) is 4.79 Å². The Labute approximate surface area is 150 Å². The fourth-order valence-corrected chi connectivity index (χ4v) is 4.28. The van der Waals surface area contributed by atoms with Crippen LogP contribution in [-0.4, -0.2) is 57.4 Å². The summed E-state index contributed by atoms with van der Waals surface area (Å²) < 4.78 is 5.63.